The number of hydrogen-bond donors (Lipinski definition) is 1. The molecule has 0 heterocycles. The molecule has 0 amide bonds. The Labute approximate surface area is 106 Å². The number of aromatic hydroxyl groups is 1. The summed E-state index contributed by atoms with van der Waals surface area (Å²) in [5.41, 5.74) is -0.947. The van der Waals surface area contributed by atoms with Gasteiger partial charge in [0.2, 0.25) is 0 Å². The van der Waals surface area contributed by atoms with Crippen LogP contribution in [-0.2, 0) is 0 Å². The Morgan fingerprint density at radius 2 is 1.73 bits per heavy atom. The van der Waals surface area contributed by atoms with E-state index in [0.717, 1.165) is 12.1 Å². The number of nitro groups is 2. The number of benzene rings is 1. The van der Waals surface area contributed by atoms with Crippen molar-refractivity contribution in [2.24, 2.45) is 0 Å². The number of rotatable bonds is 2. The van der Waals surface area contributed by atoms with Gasteiger partial charge in [-0.2, -0.15) is 0 Å². The molecule has 1 aromatic carbocycles. The molecular formula is C7H6N2NaO5. The van der Waals surface area contributed by atoms with Crippen LogP contribution in [0.3, 0.4) is 0 Å². The number of nitro benzene ring substituents is 2. The molecule has 1 radical (unpaired) electrons. The summed E-state index contributed by atoms with van der Waals surface area (Å²) in [6, 6.07) is 1.69. The summed E-state index contributed by atoms with van der Waals surface area (Å²) >= 11 is 0. The maximum Gasteiger partial charge on any atom is 0.282 e. The molecule has 7 nitrogen and oxygen atoms in total. The van der Waals surface area contributed by atoms with Gasteiger partial charge in [0.05, 0.1) is 27.5 Å². The quantitative estimate of drug-likeness (QED) is 0.457. The topological polar surface area (TPSA) is 107 Å². The second-order valence-corrected chi connectivity index (χ2v) is 2.62. The molecule has 0 aliphatic carbocycles. The largest absolute Gasteiger partial charge is 0.507 e. The minimum atomic E-state index is -0.799. The van der Waals surface area contributed by atoms with Gasteiger partial charge in [-0.15, -0.1) is 0 Å². The molecule has 0 aromatic heterocycles. The minimum Gasteiger partial charge on any atom is -0.507 e. The van der Waals surface area contributed by atoms with E-state index in [2.05, 4.69) is 0 Å². The first-order chi connectivity index (χ1) is 6.43. The van der Waals surface area contributed by atoms with Crippen molar-refractivity contribution in [3.05, 3.63) is 37.9 Å². The average Bonchev–Trinajstić information content (AvgIpc) is 2.08. The molecule has 0 saturated heterocycles. The van der Waals surface area contributed by atoms with E-state index in [1.54, 1.807) is 0 Å². The Morgan fingerprint density at radius 1 is 1.20 bits per heavy atom. The van der Waals surface area contributed by atoms with E-state index in [4.69, 9.17) is 5.11 Å². The van der Waals surface area contributed by atoms with Gasteiger partial charge < -0.3 is 5.11 Å². The van der Waals surface area contributed by atoms with Crippen LogP contribution in [-0.4, -0.2) is 44.5 Å². The van der Waals surface area contributed by atoms with E-state index >= 15 is 0 Å². The van der Waals surface area contributed by atoms with E-state index < -0.39 is 27.0 Å². The van der Waals surface area contributed by atoms with E-state index in [9.17, 15) is 20.2 Å². The van der Waals surface area contributed by atoms with Crippen LogP contribution in [0.2, 0.25) is 0 Å². The summed E-state index contributed by atoms with van der Waals surface area (Å²) < 4.78 is 0. The van der Waals surface area contributed by atoms with Gasteiger partial charge in [-0.3, -0.25) is 20.2 Å². The SMILES string of the molecule is Cc1c(O)cc([N+](=O)[O-])cc1[N+](=O)[O-].[Na]. The van der Waals surface area contributed by atoms with Gasteiger partial charge in [-0.1, -0.05) is 0 Å². The predicted molar refractivity (Wildman–Crippen MR) is 51.9 cm³/mol. The zero-order chi connectivity index (χ0) is 10.9. The third-order valence-electron chi connectivity index (χ3n) is 1.75. The Bertz CT molecular complexity index is 420. The minimum absolute atomic E-state index is 0. The van der Waals surface area contributed by atoms with Crippen LogP contribution >= 0.6 is 0 Å². The molecule has 0 aliphatic heterocycles. The van der Waals surface area contributed by atoms with Crippen molar-refractivity contribution >= 4 is 40.9 Å². The smallest absolute Gasteiger partial charge is 0.282 e. The molecule has 8 heteroatoms. The maximum absolute atomic E-state index is 10.4. The van der Waals surface area contributed by atoms with E-state index in [1.165, 1.54) is 6.92 Å². The zero-order valence-corrected chi connectivity index (χ0v) is 10.1. The Kier molecular flexibility index (Phi) is 4.66. The van der Waals surface area contributed by atoms with E-state index in [0.29, 0.717) is 0 Å². The molecule has 0 bridgehead atoms. The first kappa shape index (κ1) is 13.8. The van der Waals surface area contributed by atoms with Crippen LogP contribution in [0.15, 0.2) is 12.1 Å². The molecular weight excluding hydrogens is 215 g/mol. The van der Waals surface area contributed by atoms with E-state index in [-0.39, 0.29) is 35.1 Å². The predicted octanol–water partition coefficient (Wildman–Crippen LogP) is 1.14. The van der Waals surface area contributed by atoms with Crippen molar-refractivity contribution in [1.29, 1.82) is 0 Å². The van der Waals surface area contributed by atoms with Crippen LogP contribution in [0.25, 0.3) is 0 Å². The van der Waals surface area contributed by atoms with Gasteiger partial charge >= 0.3 is 0 Å². The molecule has 0 atom stereocenters. The van der Waals surface area contributed by atoms with Crippen LogP contribution < -0.4 is 0 Å². The van der Waals surface area contributed by atoms with Crippen molar-refractivity contribution in [1.82, 2.24) is 0 Å². The second-order valence-electron chi connectivity index (χ2n) is 2.62. The van der Waals surface area contributed by atoms with Gasteiger partial charge in [0.25, 0.3) is 11.4 Å². The van der Waals surface area contributed by atoms with Crippen molar-refractivity contribution in [2.75, 3.05) is 0 Å². The summed E-state index contributed by atoms with van der Waals surface area (Å²) in [4.78, 5) is 19.2. The van der Waals surface area contributed by atoms with Crippen molar-refractivity contribution in [2.45, 2.75) is 6.92 Å². The van der Waals surface area contributed by atoms with E-state index in [1.807, 2.05) is 0 Å². The monoisotopic (exact) mass is 221 g/mol. The number of phenols is 1. The van der Waals surface area contributed by atoms with Crippen LogP contribution in [0, 0.1) is 27.2 Å². The number of nitrogens with zero attached hydrogens (tertiary/aromatic N) is 2. The fraction of sp³-hybridized carbons (Fsp3) is 0.143. The molecule has 1 aromatic rings. The van der Waals surface area contributed by atoms with Gasteiger partial charge in [-0.25, -0.2) is 0 Å². The zero-order valence-electron chi connectivity index (χ0n) is 8.13. The first-order valence-corrected chi connectivity index (χ1v) is 3.56. The number of non-ortho nitro benzene ring substituents is 1. The van der Waals surface area contributed by atoms with Crippen LogP contribution in [0.5, 0.6) is 5.75 Å². The summed E-state index contributed by atoms with van der Waals surface area (Å²) in [6.45, 7) is 1.32. The third-order valence-corrected chi connectivity index (χ3v) is 1.75. The molecule has 0 aliphatic rings. The van der Waals surface area contributed by atoms with Gasteiger partial charge in [0, 0.05) is 29.6 Å². The second kappa shape index (κ2) is 5.06. The van der Waals surface area contributed by atoms with Crippen molar-refractivity contribution in [3.8, 4) is 5.75 Å². The van der Waals surface area contributed by atoms with Gasteiger partial charge in [-0.05, 0) is 6.92 Å². The first-order valence-electron chi connectivity index (χ1n) is 3.56. The third kappa shape index (κ3) is 2.88. The Balaban J connectivity index is 0.00000196. The molecule has 1 N–H and O–H groups in total. The summed E-state index contributed by atoms with van der Waals surface area (Å²) in [6.07, 6.45) is 0. The molecule has 1 rings (SSSR count). The van der Waals surface area contributed by atoms with Gasteiger partial charge in [0.15, 0.2) is 0 Å². The number of phenolic OH excluding ortho intramolecular Hbond substituents is 1. The van der Waals surface area contributed by atoms with Crippen LogP contribution in [0.4, 0.5) is 11.4 Å². The van der Waals surface area contributed by atoms with Gasteiger partial charge in [0.1, 0.15) is 5.75 Å². The van der Waals surface area contributed by atoms with Crippen molar-refractivity contribution < 1.29 is 15.0 Å². The van der Waals surface area contributed by atoms with Crippen LogP contribution in [0.1, 0.15) is 5.56 Å². The Morgan fingerprint density at radius 3 is 2.13 bits per heavy atom. The van der Waals surface area contributed by atoms with Crippen molar-refractivity contribution in [3.63, 3.8) is 0 Å². The Hall–Kier alpha value is -1.18. The normalized spacial score (nSPS) is 9.13. The molecule has 0 fully saturated rings. The number of hydrogen-bond acceptors (Lipinski definition) is 5. The maximum atomic E-state index is 10.4. The summed E-state index contributed by atoms with van der Waals surface area (Å²) in [5, 5.41) is 29.9. The molecule has 15 heavy (non-hydrogen) atoms. The average molecular weight is 221 g/mol. The molecule has 0 spiro atoms. The standard InChI is InChI=1S/C7H6N2O5.Na/c1-4-6(9(13)14)2-5(8(11)12)3-7(4)10;/h2-3,10H,1H3;. The summed E-state index contributed by atoms with van der Waals surface area (Å²) in [5.74, 6) is -0.453. The molecule has 0 saturated carbocycles. The fourth-order valence-corrected chi connectivity index (χ4v) is 0.965. The summed E-state index contributed by atoms with van der Waals surface area (Å²) in [7, 11) is 0. The molecule has 0 unspecified atom stereocenters. The molecule has 75 valence electrons. The fourth-order valence-electron chi connectivity index (χ4n) is 0.965.